The number of pyridine rings is 1. The first-order chi connectivity index (χ1) is 13.5. The van der Waals surface area contributed by atoms with Crippen LogP contribution < -0.4 is 20.1 Å². The molecule has 3 aromatic rings. The number of anilines is 3. The van der Waals surface area contributed by atoms with Crippen molar-refractivity contribution < 1.29 is 14.3 Å². The highest BCUT2D eigenvalue weighted by Gasteiger charge is 2.08. The number of hydrogen-bond donors (Lipinski definition) is 2. The van der Waals surface area contributed by atoms with Crippen molar-refractivity contribution in [1.82, 2.24) is 4.98 Å². The Morgan fingerprint density at radius 2 is 1.89 bits per heavy atom. The van der Waals surface area contributed by atoms with Gasteiger partial charge in [0.1, 0.15) is 5.82 Å². The Balaban J connectivity index is 1.56. The predicted octanol–water partition coefficient (Wildman–Crippen LogP) is 4.81. The number of aryl methyl sites for hydroxylation is 1. The molecule has 0 bridgehead atoms. The second-order valence-electron chi connectivity index (χ2n) is 6.00. The van der Waals surface area contributed by atoms with E-state index in [9.17, 15) is 4.79 Å². The van der Waals surface area contributed by atoms with Crippen LogP contribution >= 0.6 is 11.6 Å². The maximum Gasteiger partial charge on any atom is 0.262 e. The molecule has 0 atom stereocenters. The Morgan fingerprint density at radius 1 is 1.11 bits per heavy atom. The average Bonchev–Trinajstić information content (AvgIpc) is 2.71. The highest BCUT2D eigenvalue weighted by atomic mass is 35.5. The maximum absolute atomic E-state index is 12.1. The van der Waals surface area contributed by atoms with E-state index in [1.165, 1.54) is 0 Å². The summed E-state index contributed by atoms with van der Waals surface area (Å²) >= 11 is 6.03. The van der Waals surface area contributed by atoms with Crippen molar-refractivity contribution in [3.8, 4) is 11.5 Å². The number of carbonyl (C=O) groups excluding carboxylic acids is 1. The van der Waals surface area contributed by atoms with Gasteiger partial charge in [-0.3, -0.25) is 4.79 Å². The normalized spacial score (nSPS) is 10.2. The van der Waals surface area contributed by atoms with E-state index in [2.05, 4.69) is 15.6 Å². The summed E-state index contributed by atoms with van der Waals surface area (Å²) in [5.74, 6) is 1.44. The molecule has 0 aliphatic rings. The predicted molar refractivity (Wildman–Crippen MR) is 111 cm³/mol. The number of carbonyl (C=O) groups is 1. The van der Waals surface area contributed by atoms with Crippen molar-refractivity contribution in [2.75, 3.05) is 24.4 Å². The third kappa shape index (κ3) is 5.14. The molecule has 0 unspecified atom stereocenters. The van der Waals surface area contributed by atoms with Gasteiger partial charge in [0.25, 0.3) is 5.91 Å². The summed E-state index contributed by atoms with van der Waals surface area (Å²) in [5, 5.41) is 6.60. The Hall–Kier alpha value is -3.25. The number of benzene rings is 2. The van der Waals surface area contributed by atoms with Gasteiger partial charge >= 0.3 is 0 Å². The molecular weight excluding hydrogens is 378 g/mol. The summed E-state index contributed by atoms with van der Waals surface area (Å²) in [5.41, 5.74) is 2.50. The molecule has 144 valence electrons. The Morgan fingerprint density at radius 3 is 2.61 bits per heavy atom. The number of methoxy groups -OCH3 is 1. The van der Waals surface area contributed by atoms with Crippen LogP contribution in [0.3, 0.4) is 0 Å². The molecule has 6 nitrogen and oxygen atoms in total. The van der Waals surface area contributed by atoms with Gasteiger partial charge in [-0.25, -0.2) is 4.98 Å². The fourth-order valence-electron chi connectivity index (χ4n) is 2.49. The van der Waals surface area contributed by atoms with E-state index < -0.39 is 0 Å². The Bertz CT molecular complexity index is 961. The first-order valence-corrected chi connectivity index (χ1v) is 8.98. The van der Waals surface area contributed by atoms with Gasteiger partial charge in [0.05, 0.1) is 19.0 Å². The zero-order valence-electron chi connectivity index (χ0n) is 15.5. The first-order valence-electron chi connectivity index (χ1n) is 8.60. The highest BCUT2D eigenvalue weighted by molar-refractivity contribution is 6.30. The summed E-state index contributed by atoms with van der Waals surface area (Å²) < 4.78 is 10.7. The Kier molecular flexibility index (Phi) is 6.34. The van der Waals surface area contributed by atoms with Crippen LogP contribution in [0.4, 0.5) is 17.2 Å². The van der Waals surface area contributed by atoms with Crippen molar-refractivity contribution in [3.63, 3.8) is 0 Å². The molecule has 7 heteroatoms. The molecule has 28 heavy (non-hydrogen) atoms. The monoisotopic (exact) mass is 397 g/mol. The maximum atomic E-state index is 12.1. The molecule has 1 heterocycles. The Labute approximate surface area is 168 Å². The highest BCUT2D eigenvalue weighted by Crippen LogP contribution is 2.26. The number of amides is 1. The van der Waals surface area contributed by atoms with Gasteiger partial charge in [-0.15, -0.1) is 0 Å². The van der Waals surface area contributed by atoms with Crippen LogP contribution in [0, 0.1) is 6.92 Å². The molecule has 0 saturated heterocycles. The van der Waals surface area contributed by atoms with E-state index >= 15 is 0 Å². The van der Waals surface area contributed by atoms with Crippen LogP contribution in [0.15, 0.2) is 60.8 Å². The molecule has 0 fully saturated rings. The molecule has 2 N–H and O–H groups in total. The second kappa shape index (κ2) is 9.10. The molecule has 0 aliphatic heterocycles. The lowest BCUT2D eigenvalue weighted by Crippen LogP contribution is -2.20. The zero-order valence-corrected chi connectivity index (χ0v) is 16.3. The van der Waals surface area contributed by atoms with Crippen LogP contribution in [-0.2, 0) is 4.79 Å². The van der Waals surface area contributed by atoms with Crippen molar-refractivity contribution in [1.29, 1.82) is 0 Å². The zero-order chi connectivity index (χ0) is 19.9. The van der Waals surface area contributed by atoms with Crippen molar-refractivity contribution in [3.05, 3.63) is 71.4 Å². The van der Waals surface area contributed by atoms with Gasteiger partial charge in [0.15, 0.2) is 18.1 Å². The third-order valence-corrected chi connectivity index (χ3v) is 4.17. The fourth-order valence-corrected chi connectivity index (χ4v) is 2.66. The molecule has 3 rings (SSSR count). The number of hydrogen-bond acceptors (Lipinski definition) is 5. The molecule has 2 aromatic carbocycles. The van der Waals surface area contributed by atoms with E-state index in [0.29, 0.717) is 28.0 Å². The number of halogens is 1. The average molecular weight is 398 g/mol. The number of para-hydroxylation sites is 2. The van der Waals surface area contributed by atoms with Crippen LogP contribution in [0.1, 0.15) is 5.56 Å². The minimum atomic E-state index is -0.292. The molecule has 0 saturated carbocycles. The molecule has 1 amide bonds. The summed E-state index contributed by atoms with van der Waals surface area (Å²) in [6.45, 7) is 1.84. The number of rotatable bonds is 7. The van der Waals surface area contributed by atoms with Gasteiger partial charge in [-0.1, -0.05) is 29.8 Å². The van der Waals surface area contributed by atoms with E-state index in [4.69, 9.17) is 21.1 Å². The molecule has 0 spiro atoms. The largest absolute Gasteiger partial charge is 0.493 e. The molecule has 1 aromatic heterocycles. The summed E-state index contributed by atoms with van der Waals surface area (Å²) in [6, 6.07) is 16.3. The van der Waals surface area contributed by atoms with E-state index in [-0.39, 0.29) is 12.5 Å². The number of ether oxygens (including phenoxy) is 2. The minimum Gasteiger partial charge on any atom is -0.493 e. The summed E-state index contributed by atoms with van der Waals surface area (Å²) in [7, 11) is 1.55. The van der Waals surface area contributed by atoms with Crippen molar-refractivity contribution in [2.45, 2.75) is 6.92 Å². The number of nitrogens with zero attached hydrogens (tertiary/aromatic N) is 1. The topological polar surface area (TPSA) is 72.5 Å². The van der Waals surface area contributed by atoms with Gasteiger partial charge < -0.3 is 20.1 Å². The van der Waals surface area contributed by atoms with Gasteiger partial charge in [-0.05, 0) is 48.9 Å². The van der Waals surface area contributed by atoms with Gasteiger partial charge in [0.2, 0.25) is 0 Å². The van der Waals surface area contributed by atoms with E-state index in [0.717, 1.165) is 11.3 Å². The van der Waals surface area contributed by atoms with E-state index in [1.807, 2.05) is 37.3 Å². The van der Waals surface area contributed by atoms with Crippen molar-refractivity contribution >= 4 is 34.7 Å². The van der Waals surface area contributed by atoms with Crippen LogP contribution in [0.5, 0.6) is 11.5 Å². The lowest BCUT2D eigenvalue weighted by atomic mass is 10.2. The van der Waals surface area contributed by atoms with Crippen LogP contribution in [0.2, 0.25) is 5.02 Å². The molecule has 0 aliphatic carbocycles. The first kappa shape index (κ1) is 19.5. The fraction of sp³-hybridized carbons (Fsp3) is 0.143. The summed E-state index contributed by atoms with van der Waals surface area (Å²) in [4.78, 5) is 16.4. The van der Waals surface area contributed by atoms with Crippen LogP contribution in [0.25, 0.3) is 0 Å². The lowest BCUT2D eigenvalue weighted by Gasteiger charge is -2.11. The smallest absolute Gasteiger partial charge is 0.262 e. The second-order valence-corrected chi connectivity index (χ2v) is 6.44. The number of aromatic nitrogens is 1. The number of nitrogens with one attached hydrogen (secondary N) is 2. The van der Waals surface area contributed by atoms with Gasteiger partial charge in [-0.2, -0.15) is 0 Å². The van der Waals surface area contributed by atoms with Crippen molar-refractivity contribution in [2.24, 2.45) is 0 Å². The quantitative estimate of drug-likeness (QED) is 0.598. The van der Waals surface area contributed by atoms with Crippen LogP contribution in [-0.4, -0.2) is 24.6 Å². The third-order valence-electron chi connectivity index (χ3n) is 3.94. The summed E-state index contributed by atoms with van der Waals surface area (Å²) in [6.07, 6.45) is 1.57. The SMILES string of the molecule is COc1ccccc1OCC(=O)Nc1ccc(Nc2cc(Cl)ccc2C)nc1. The van der Waals surface area contributed by atoms with Gasteiger partial charge in [0, 0.05) is 10.7 Å². The molecule has 0 radical (unpaired) electrons. The molecular formula is C21H20ClN3O3. The van der Waals surface area contributed by atoms with E-state index in [1.54, 1.807) is 37.6 Å². The lowest BCUT2D eigenvalue weighted by molar-refractivity contribution is -0.118. The minimum absolute atomic E-state index is 0.137. The standard InChI is InChI=1S/C21H20ClN3O3/c1-14-7-8-15(22)11-17(14)25-20-10-9-16(12-23-20)24-21(26)13-28-19-6-4-3-5-18(19)27-2/h3-12H,13H2,1-2H3,(H,23,25)(H,24,26).